The van der Waals surface area contributed by atoms with Gasteiger partial charge in [-0.25, -0.2) is 13.1 Å². The van der Waals surface area contributed by atoms with E-state index in [1.165, 1.54) is 18.4 Å². The number of aryl methyl sites for hydroxylation is 1. The first-order valence-corrected chi connectivity index (χ1v) is 7.15. The number of furan rings is 1. The fraction of sp³-hybridized carbons (Fsp3) is 0.167. The van der Waals surface area contributed by atoms with E-state index in [0.717, 1.165) is 6.07 Å². The molecule has 2 aromatic rings. The second kappa shape index (κ2) is 5.43. The van der Waals surface area contributed by atoms with Gasteiger partial charge in [-0.05, 0) is 25.1 Å². The number of hydrogen-bond acceptors (Lipinski definition) is 5. The van der Waals surface area contributed by atoms with Gasteiger partial charge in [-0.3, -0.25) is 10.1 Å². The Kier molecular flexibility index (Phi) is 3.86. The number of nitro groups is 1. The van der Waals surface area contributed by atoms with E-state index >= 15 is 0 Å². The molecular formula is C12H12N2O5S. The summed E-state index contributed by atoms with van der Waals surface area (Å²) >= 11 is 0. The van der Waals surface area contributed by atoms with Crippen LogP contribution in [0.5, 0.6) is 0 Å². The van der Waals surface area contributed by atoms with E-state index < -0.39 is 14.9 Å². The molecule has 0 unspecified atom stereocenters. The summed E-state index contributed by atoms with van der Waals surface area (Å²) in [6.45, 7) is 1.53. The normalized spacial score (nSPS) is 11.4. The quantitative estimate of drug-likeness (QED) is 0.671. The average molecular weight is 296 g/mol. The van der Waals surface area contributed by atoms with Crippen LogP contribution < -0.4 is 4.72 Å². The molecule has 0 bridgehead atoms. The topological polar surface area (TPSA) is 102 Å². The monoisotopic (exact) mass is 296 g/mol. The Hall–Kier alpha value is -2.19. The highest BCUT2D eigenvalue weighted by molar-refractivity contribution is 7.89. The Morgan fingerprint density at radius 2 is 2.10 bits per heavy atom. The number of nitro benzene ring substituents is 1. The Morgan fingerprint density at radius 1 is 1.35 bits per heavy atom. The Bertz CT molecular complexity index is 722. The van der Waals surface area contributed by atoms with Crippen LogP contribution in [0.3, 0.4) is 0 Å². The van der Waals surface area contributed by atoms with E-state index in [1.54, 1.807) is 19.1 Å². The van der Waals surface area contributed by atoms with Crippen LogP contribution in [0, 0.1) is 17.0 Å². The molecule has 1 aromatic carbocycles. The molecule has 106 valence electrons. The van der Waals surface area contributed by atoms with Crippen molar-refractivity contribution in [3.8, 4) is 0 Å². The van der Waals surface area contributed by atoms with E-state index in [2.05, 4.69) is 4.72 Å². The molecule has 8 heteroatoms. The minimum absolute atomic E-state index is 0.0169. The van der Waals surface area contributed by atoms with Gasteiger partial charge in [0.25, 0.3) is 5.69 Å². The van der Waals surface area contributed by atoms with Crippen molar-refractivity contribution in [3.05, 3.63) is 58.0 Å². The van der Waals surface area contributed by atoms with Crippen LogP contribution in [0.4, 0.5) is 5.69 Å². The zero-order chi connectivity index (χ0) is 14.8. The molecule has 20 heavy (non-hydrogen) atoms. The second-order valence-corrected chi connectivity index (χ2v) is 5.88. The summed E-state index contributed by atoms with van der Waals surface area (Å²) < 4.78 is 31.4. The Balaban J connectivity index is 2.25. The van der Waals surface area contributed by atoms with E-state index in [4.69, 9.17) is 4.42 Å². The second-order valence-electron chi connectivity index (χ2n) is 4.11. The smallest absolute Gasteiger partial charge is 0.273 e. The number of hydrogen-bond donors (Lipinski definition) is 1. The van der Waals surface area contributed by atoms with E-state index in [0.29, 0.717) is 11.3 Å². The fourth-order valence-corrected chi connectivity index (χ4v) is 2.63. The molecule has 0 aliphatic rings. The SMILES string of the molecule is Cc1ccc(S(=O)(=O)NCc2ccco2)cc1[N+](=O)[O-]. The van der Waals surface area contributed by atoms with Crippen molar-refractivity contribution >= 4 is 15.7 Å². The van der Waals surface area contributed by atoms with Crippen LogP contribution in [-0.2, 0) is 16.6 Å². The highest BCUT2D eigenvalue weighted by atomic mass is 32.2. The first-order chi connectivity index (χ1) is 9.40. The summed E-state index contributed by atoms with van der Waals surface area (Å²) in [4.78, 5) is 10.1. The summed E-state index contributed by atoms with van der Waals surface area (Å²) in [6.07, 6.45) is 1.43. The van der Waals surface area contributed by atoms with Crippen LogP contribution in [0.15, 0.2) is 45.9 Å². The lowest BCUT2D eigenvalue weighted by molar-refractivity contribution is -0.385. The maximum absolute atomic E-state index is 12.0. The zero-order valence-corrected chi connectivity index (χ0v) is 11.4. The first kappa shape index (κ1) is 14.2. The zero-order valence-electron chi connectivity index (χ0n) is 10.6. The lowest BCUT2D eigenvalue weighted by Gasteiger charge is -2.06. The van der Waals surface area contributed by atoms with Crippen molar-refractivity contribution < 1.29 is 17.8 Å². The first-order valence-electron chi connectivity index (χ1n) is 5.67. The molecular weight excluding hydrogens is 284 g/mol. The number of nitrogens with one attached hydrogen (secondary N) is 1. The van der Waals surface area contributed by atoms with Crippen LogP contribution in [-0.4, -0.2) is 13.3 Å². The van der Waals surface area contributed by atoms with E-state index in [9.17, 15) is 18.5 Å². The molecule has 0 atom stereocenters. The third-order valence-electron chi connectivity index (χ3n) is 2.70. The van der Waals surface area contributed by atoms with Crippen LogP contribution >= 0.6 is 0 Å². The van der Waals surface area contributed by atoms with Gasteiger partial charge in [0.15, 0.2) is 0 Å². The van der Waals surface area contributed by atoms with Gasteiger partial charge in [0.05, 0.1) is 22.6 Å². The molecule has 0 aliphatic carbocycles. The highest BCUT2D eigenvalue weighted by Gasteiger charge is 2.19. The lowest BCUT2D eigenvalue weighted by Crippen LogP contribution is -2.23. The minimum Gasteiger partial charge on any atom is -0.468 e. The van der Waals surface area contributed by atoms with Gasteiger partial charge in [0, 0.05) is 11.6 Å². The van der Waals surface area contributed by atoms with Crippen molar-refractivity contribution in [2.24, 2.45) is 0 Å². The summed E-state index contributed by atoms with van der Waals surface area (Å²) in [5, 5.41) is 10.8. The van der Waals surface area contributed by atoms with E-state index in [1.807, 2.05) is 0 Å². The van der Waals surface area contributed by atoms with Gasteiger partial charge in [-0.2, -0.15) is 0 Å². The molecule has 0 aliphatic heterocycles. The van der Waals surface area contributed by atoms with Crippen molar-refractivity contribution in [2.75, 3.05) is 0 Å². The Labute approximate surface area is 115 Å². The predicted molar refractivity (Wildman–Crippen MR) is 70.6 cm³/mol. The van der Waals surface area contributed by atoms with Crippen molar-refractivity contribution in [1.82, 2.24) is 4.72 Å². The molecule has 7 nitrogen and oxygen atoms in total. The standard InChI is InChI=1S/C12H12N2O5S/c1-9-4-5-11(7-12(9)14(15)16)20(17,18)13-8-10-3-2-6-19-10/h2-7,13H,8H2,1H3. The molecule has 2 rings (SSSR count). The van der Waals surface area contributed by atoms with Crippen LogP contribution in [0.2, 0.25) is 0 Å². The van der Waals surface area contributed by atoms with Gasteiger partial charge in [-0.1, -0.05) is 6.07 Å². The number of benzene rings is 1. The van der Waals surface area contributed by atoms with Crippen LogP contribution in [0.25, 0.3) is 0 Å². The molecule has 0 spiro atoms. The minimum atomic E-state index is -3.82. The third-order valence-corrected chi connectivity index (χ3v) is 4.10. The molecule has 0 saturated carbocycles. The molecule has 1 N–H and O–H groups in total. The molecule has 0 saturated heterocycles. The summed E-state index contributed by atoms with van der Waals surface area (Å²) in [5.41, 5.74) is 0.172. The van der Waals surface area contributed by atoms with Crippen LogP contribution in [0.1, 0.15) is 11.3 Å². The maximum atomic E-state index is 12.0. The van der Waals surface area contributed by atoms with Gasteiger partial charge in [-0.15, -0.1) is 0 Å². The fourth-order valence-electron chi connectivity index (χ4n) is 1.62. The molecule has 0 amide bonds. The van der Waals surface area contributed by atoms with Gasteiger partial charge >= 0.3 is 0 Å². The molecule has 1 aromatic heterocycles. The molecule has 0 radical (unpaired) electrons. The van der Waals surface area contributed by atoms with Crippen molar-refractivity contribution in [2.45, 2.75) is 18.4 Å². The number of sulfonamides is 1. The lowest BCUT2D eigenvalue weighted by atomic mass is 10.2. The van der Waals surface area contributed by atoms with Gasteiger partial charge in [0.2, 0.25) is 10.0 Å². The van der Waals surface area contributed by atoms with Crippen molar-refractivity contribution in [1.29, 1.82) is 0 Å². The Morgan fingerprint density at radius 3 is 2.70 bits per heavy atom. The largest absolute Gasteiger partial charge is 0.468 e. The molecule has 1 heterocycles. The average Bonchev–Trinajstić information content (AvgIpc) is 2.89. The summed E-state index contributed by atoms with van der Waals surface area (Å²) in [5.74, 6) is 0.454. The van der Waals surface area contributed by atoms with Crippen molar-refractivity contribution in [3.63, 3.8) is 0 Å². The predicted octanol–water partition coefficient (Wildman–Crippen LogP) is 1.97. The number of nitrogens with zero attached hydrogens (tertiary/aromatic N) is 1. The third kappa shape index (κ3) is 3.03. The molecule has 0 fully saturated rings. The highest BCUT2D eigenvalue weighted by Crippen LogP contribution is 2.22. The summed E-state index contributed by atoms with van der Waals surface area (Å²) in [6, 6.07) is 7.03. The van der Waals surface area contributed by atoms with Gasteiger partial charge in [0.1, 0.15) is 5.76 Å². The maximum Gasteiger partial charge on any atom is 0.273 e. The van der Waals surface area contributed by atoms with E-state index in [-0.39, 0.29) is 17.1 Å². The number of rotatable bonds is 5. The summed E-state index contributed by atoms with van der Waals surface area (Å²) in [7, 11) is -3.82. The van der Waals surface area contributed by atoms with Gasteiger partial charge < -0.3 is 4.42 Å².